The molecule has 2 rings (SSSR count). The normalized spacial score (nSPS) is 13.1. The summed E-state index contributed by atoms with van der Waals surface area (Å²) >= 11 is 0. The number of alkyl halides is 3. The minimum atomic E-state index is -4.48. The molecule has 2 aromatic rings. The topological polar surface area (TPSA) is 55.1 Å². The highest BCUT2D eigenvalue weighted by molar-refractivity contribution is 5.73. The minimum absolute atomic E-state index is 0.00990. The molecule has 1 atom stereocenters. The monoisotopic (exact) mass is 312 g/mol. The third-order valence-corrected chi connectivity index (χ3v) is 3.35. The Morgan fingerprint density at radius 2 is 1.95 bits per heavy atom. The van der Waals surface area contributed by atoms with Crippen LogP contribution in [0.25, 0.3) is 11.1 Å². The summed E-state index contributed by atoms with van der Waals surface area (Å²) in [7, 11) is 1.59. The standard InChI is InChI=1S/C15H15F3N2O2/c1-9(14(21)22)7-13-11(8-20(2)19-13)10-5-3-4-6-12(10)15(16,17)18/h3-6,8-9H,7H2,1-2H3,(H,21,22). The Hall–Kier alpha value is -2.31. The van der Waals surface area contributed by atoms with Crippen LogP contribution in [0.5, 0.6) is 0 Å². The van der Waals surface area contributed by atoms with E-state index >= 15 is 0 Å². The highest BCUT2D eigenvalue weighted by Crippen LogP contribution is 2.38. The number of rotatable bonds is 4. The molecule has 1 aromatic heterocycles. The lowest BCUT2D eigenvalue weighted by Crippen LogP contribution is -2.13. The molecule has 4 nitrogen and oxygen atoms in total. The van der Waals surface area contributed by atoms with E-state index in [2.05, 4.69) is 5.10 Å². The van der Waals surface area contributed by atoms with E-state index in [4.69, 9.17) is 5.11 Å². The molecule has 0 radical (unpaired) electrons. The SMILES string of the molecule is CC(Cc1nn(C)cc1-c1ccccc1C(F)(F)F)C(=O)O. The number of carbonyl (C=O) groups is 1. The number of benzene rings is 1. The zero-order valence-electron chi connectivity index (χ0n) is 12.1. The molecule has 1 N–H and O–H groups in total. The van der Waals surface area contributed by atoms with Crippen molar-refractivity contribution in [1.82, 2.24) is 9.78 Å². The molecule has 1 heterocycles. The van der Waals surface area contributed by atoms with E-state index < -0.39 is 23.6 Å². The van der Waals surface area contributed by atoms with Gasteiger partial charge in [-0.1, -0.05) is 25.1 Å². The van der Waals surface area contributed by atoms with E-state index in [-0.39, 0.29) is 12.0 Å². The van der Waals surface area contributed by atoms with Crippen molar-refractivity contribution in [1.29, 1.82) is 0 Å². The van der Waals surface area contributed by atoms with Crippen LogP contribution in [-0.4, -0.2) is 20.9 Å². The van der Waals surface area contributed by atoms with Crippen molar-refractivity contribution in [3.05, 3.63) is 41.7 Å². The number of nitrogens with zero attached hydrogens (tertiary/aromatic N) is 2. The minimum Gasteiger partial charge on any atom is -0.481 e. The first kappa shape index (κ1) is 16.1. The summed E-state index contributed by atoms with van der Waals surface area (Å²) in [5, 5.41) is 13.1. The Labute approximate surface area is 125 Å². The van der Waals surface area contributed by atoms with Crippen LogP contribution >= 0.6 is 0 Å². The zero-order chi connectivity index (χ0) is 16.5. The van der Waals surface area contributed by atoms with Crippen molar-refractivity contribution in [3.8, 4) is 11.1 Å². The molecule has 0 aliphatic heterocycles. The highest BCUT2D eigenvalue weighted by atomic mass is 19.4. The predicted octanol–water partition coefficient (Wildman–Crippen LogP) is 3.37. The largest absolute Gasteiger partial charge is 0.481 e. The molecular weight excluding hydrogens is 297 g/mol. The predicted molar refractivity (Wildman–Crippen MR) is 74.1 cm³/mol. The van der Waals surface area contributed by atoms with Crippen LogP contribution in [-0.2, 0) is 24.4 Å². The second-order valence-corrected chi connectivity index (χ2v) is 5.15. The summed E-state index contributed by atoms with van der Waals surface area (Å²) in [5.74, 6) is -1.74. The fourth-order valence-electron chi connectivity index (χ4n) is 2.25. The molecule has 1 aromatic carbocycles. The number of aromatic nitrogens is 2. The lowest BCUT2D eigenvalue weighted by Gasteiger charge is -2.13. The molecule has 118 valence electrons. The van der Waals surface area contributed by atoms with Gasteiger partial charge in [-0.2, -0.15) is 18.3 Å². The maximum absolute atomic E-state index is 13.1. The number of carboxylic acid groups (broad SMARTS) is 1. The second kappa shape index (κ2) is 5.82. The van der Waals surface area contributed by atoms with Crippen molar-refractivity contribution in [2.24, 2.45) is 13.0 Å². The van der Waals surface area contributed by atoms with Crippen LogP contribution in [0, 0.1) is 5.92 Å². The number of halogens is 3. The lowest BCUT2D eigenvalue weighted by atomic mass is 9.96. The van der Waals surface area contributed by atoms with Gasteiger partial charge in [-0.25, -0.2) is 0 Å². The smallest absolute Gasteiger partial charge is 0.417 e. The third kappa shape index (κ3) is 3.29. The average molecular weight is 312 g/mol. The van der Waals surface area contributed by atoms with Gasteiger partial charge in [0.15, 0.2) is 0 Å². The number of carboxylic acids is 1. The number of aliphatic carboxylic acids is 1. The molecule has 0 aliphatic carbocycles. The van der Waals surface area contributed by atoms with E-state index in [9.17, 15) is 18.0 Å². The van der Waals surface area contributed by atoms with Crippen LogP contribution in [0.3, 0.4) is 0 Å². The van der Waals surface area contributed by atoms with E-state index in [0.29, 0.717) is 11.3 Å². The molecule has 0 spiro atoms. The first-order valence-corrected chi connectivity index (χ1v) is 6.62. The van der Waals surface area contributed by atoms with Crippen molar-refractivity contribution in [3.63, 3.8) is 0 Å². The van der Waals surface area contributed by atoms with Crippen LogP contribution in [0.1, 0.15) is 18.2 Å². The van der Waals surface area contributed by atoms with Gasteiger partial charge in [0.2, 0.25) is 0 Å². The van der Waals surface area contributed by atoms with Gasteiger partial charge in [0.1, 0.15) is 0 Å². The van der Waals surface area contributed by atoms with E-state index in [0.717, 1.165) is 6.07 Å². The Kier molecular flexibility index (Phi) is 4.25. The van der Waals surface area contributed by atoms with E-state index in [1.54, 1.807) is 7.05 Å². The molecular formula is C15H15F3N2O2. The number of hydrogen-bond acceptors (Lipinski definition) is 2. The van der Waals surface area contributed by atoms with Crippen molar-refractivity contribution >= 4 is 5.97 Å². The first-order valence-electron chi connectivity index (χ1n) is 6.62. The van der Waals surface area contributed by atoms with Gasteiger partial charge in [0, 0.05) is 25.2 Å². The first-order chi connectivity index (χ1) is 10.2. The third-order valence-electron chi connectivity index (χ3n) is 3.35. The van der Waals surface area contributed by atoms with Crippen LogP contribution in [0.2, 0.25) is 0 Å². The Morgan fingerprint density at radius 1 is 1.32 bits per heavy atom. The molecule has 0 aliphatic rings. The van der Waals surface area contributed by atoms with Crippen molar-refractivity contribution < 1.29 is 23.1 Å². The summed E-state index contributed by atoms with van der Waals surface area (Å²) in [6.45, 7) is 1.50. The van der Waals surface area contributed by atoms with Gasteiger partial charge in [0.05, 0.1) is 17.2 Å². The molecule has 0 amide bonds. The molecule has 22 heavy (non-hydrogen) atoms. The second-order valence-electron chi connectivity index (χ2n) is 5.15. The van der Waals surface area contributed by atoms with Gasteiger partial charge in [-0.3, -0.25) is 9.48 Å². The Balaban J connectivity index is 2.53. The van der Waals surface area contributed by atoms with Crippen LogP contribution in [0.15, 0.2) is 30.5 Å². The van der Waals surface area contributed by atoms with E-state index in [1.165, 1.54) is 36.0 Å². The van der Waals surface area contributed by atoms with Crippen molar-refractivity contribution in [2.75, 3.05) is 0 Å². The lowest BCUT2D eigenvalue weighted by molar-refractivity contribution is -0.141. The van der Waals surface area contributed by atoms with Crippen LogP contribution < -0.4 is 0 Å². The number of hydrogen-bond donors (Lipinski definition) is 1. The van der Waals surface area contributed by atoms with Gasteiger partial charge in [-0.05, 0) is 11.6 Å². The fourth-order valence-corrected chi connectivity index (χ4v) is 2.25. The van der Waals surface area contributed by atoms with Gasteiger partial charge >= 0.3 is 12.1 Å². The molecule has 1 unspecified atom stereocenters. The van der Waals surface area contributed by atoms with Crippen molar-refractivity contribution in [2.45, 2.75) is 19.5 Å². The Bertz CT molecular complexity index is 692. The highest BCUT2D eigenvalue weighted by Gasteiger charge is 2.34. The quantitative estimate of drug-likeness (QED) is 0.941. The molecule has 7 heteroatoms. The maximum Gasteiger partial charge on any atom is 0.417 e. The summed E-state index contributed by atoms with van der Waals surface area (Å²) in [6.07, 6.45) is -2.94. The summed E-state index contributed by atoms with van der Waals surface area (Å²) < 4.78 is 40.8. The summed E-state index contributed by atoms with van der Waals surface area (Å²) in [5.41, 5.74) is -0.0967. The fraction of sp³-hybridized carbons (Fsp3) is 0.333. The average Bonchev–Trinajstić information content (AvgIpc) is 2.78. The zero-order valence-corrected chi connectivity index (χ0v) is 12.1. The molecule has 0 fully saturated rings. The maximum atomic E-state index is 13.1. The Morgan fingerprint density at radius 3 is 2.55 bits per heavy atom. The summed E-state index contributed by atoms with van der Waals surface area (Å²) in [6, 6.07) is 5.21. The molecule has 0 bridgehead atoms. The summed E-state index contributed by atoms with van der Waals surface area (Å²) in [4.78, 5) is 11.0. The van der Waals surface area contributed by atoms with Crippen LogP contribution in [0.4, 0.5) is 13.2 Å². The van der Waals surface area contributed by atoms with Gasteiger partial charge in [0.25, 0.3) is 0 Å². The van der Waals surface area contributed by atoms with Gasteiger partial charge < -0.3 is 5.11 Å². The van der Waals surface area contributed by atoms with Gasteiger partial charge in [-0.15, -0.1) is 0 Å². The van der Waals surface area contributed by atoms with E-state index in [1.807, 2.05) is 0 Å². The number of aryl methyl sites for hydroxylation is 1. The molecule has 0 saturated heterocycles. The molecule has 0 saturated carbocycles.